The van der Waals surface area contributed by atoms with Gasteiger partial charge in [-0.15, -0.1) is 0 Å². The van der Waals surface area contributed by atoms with Gasteiger partial charge in [0.05, 0.1) is 36.1 Å². The maximum Gasteiger partial charge on any atom is 0.301 e. The van der Waals surface area contributed by atoms with Crippen molar-refractivity contribution in [2.45, 2.75) is 6.04 Å². The molecule has 7 nitrogen and oxygen atoms in total. The summed E-state index contributed by atoms with van der Waals surface area (Å²) in [6.45, 7) is 0. The number of rotatable bonds is 5. The van der Waals surface area contributed by atoms with Crippen molar-refractivity contribution in [1.29, 1.82) is 0 Å². The van der Waals surface area contributed by atoms with Crippen LogP contribution in [0.2, 0.25) is 0 Å². The maximum atomic E-state index is 14.2. The van der Waals surface area contributed by atoms with Crippen molar-refractivity contribution < 1.29 is 28.6 Å². The molecule has 1 aromatic heterocycles. The van der Waals surface area contributed by atoms with E-state index in [0.717, 1.165) is 4.70 Å². The van der Waals surface area contributed by atoms with Crippen LogP contribution < -0.4 is 14.4 Å². The second kappa shape index (κ2) is 8.84. The number of anilines is 1. The molecule has 0 spiro atoms. The Labute approximate surface area is 203 Å². The van der Waals surface area contributed by atoms with Crippen LogP contribution in [0, 0.1) is 5.82 Å². The first-order chi connectivity index (χ1) is 16.9. The van der Waals surface area contributed by atoms with E-state index in [1.54, 1.807) is 55.6 Å². The van der Waals surface area contributed by atoms with E-state index in [1.807, 2.05) is 0 Å². The summed E-state index contributed by atoms with van der Waals surface area (Å²) < 4.78 is 25.4. The summed E-state index contributed by atoms with van der Waals surface area (Å²) in [5.41, 5.74) is 1.11. The van der Waals surface area contributed by atoms with E-state index in [0.29, 0.717) is 28.1 Å². The van der Waals surface area contributed by atoms with E-state index >= 15 is 0 Å². The molecule has 1 aliphatic heterocycles. The van der Waals surface area contributed by atoms with Crippen LogP contribution in [0.3, 0.4) is 0 Å². The highest BCUT2D eigenvalue weighted by Gasteiger charge is 2.48. The van der Waals surface area contributed by atoms with Gasteiger partial charge in [-0.25, -0.2) is 9.37 Å². The highest BCUT2D eigenvalue weighted by Crippen LogP contribution is 2.44. The summed E-state index contributed by atoms with van der Waals surface area (Å²) in [6, 6.07) is 16.2. The number of ketones is 1. The summed E-state index contributed by atoms with van der Waals surface area (Å²) in [7, 11) is 3.06. The molecule has 0 aliphatic carbocycles. The number of benzene rings is 3. The molecule has 0 bridgehead atoms. The Bertz CT molecular complexity index is 1500. The Morgan fingerprint density at radius 3 is 2.40 bits per heavy atom. The summed E-state index contributed by atoms with van der Waals surface area (Å²) in [4.78, 5) is 32.3. The Morgan fingerprint density at radius 1 is 1.00 bits per heavy atom. The van der Waals surface area contributed by atoms with Crippen molar-refractivity contribution in [3.05, 3.63) is 89.2 Å². The largest absolute Gasteiger partial charge is 0.507 e. The van der Waals surface area contributed by atoms with Crippen molar-refractivity contribution in [2.75, 3.05) is 19.1 Å². The van der Waals surface area contributed by atoms with Gasteiger partial charge in [0, 0.05) is 5.56 Å². The fourth-order valence-corrected chi connectivity index (χ4v) is 5.07. The number of hydrogen-bond donors (Lipinski definition) is 1. The number of thiazole rings is 1. The predicted octanol–water partition coefficient (Wildman–Crippen LogP) is 5.08. The number of halogens is 1. The molecule has 1 fully saturated rings. The molecule has 1 saturated heterocycles. The van der Waals surface area contributed by atoms with Gasteiger partial charge < -0.3 is 14.6 Å². The van der Waals surface area contributed by atoms with Gasteiger partial charge in [-0.05, 0) is 60.2 Å². The highest BCUT2D eigenvalue weighted by atomic mass is 32.1. The molecule has 9 heteroatoms. The first-order valence-electron chi connectivity index (χ1n) is 10.6. The standard InChI is InChI=1S/C26H19FN2O5S/c1-33-17-8-6-14(7-9-17)23(30)21-22(15-4-3-5-16(27)12-15)29(25(32)24(21)31)26-28-19-11-10-18(34-2)13-20(19)35-26/h3-13,22,30H,1-2H3/t22-/m0/s1. The molecule has 1 atom stereocenters. The van der Waals surface area contributed by atoms with E-state index in [4.69, 9.17) is 9.47 Å². The Hall–Kier alpha value is -4.24. The second-order valence-corrected chi connectivity index (χ2v) is 8.79. The number of Topliss-reactive ketones (excluding diaryl/α,β-unsaturated/α-hetero) is 1. The Morgan fingerprint density at radius 2 is 1.71 bits per heavy atom. The van der Waals surface area contributed by atoms with Crippen LogP contribution in [0.15, 0.2) is 72.3 Å². The zero-order valence-corrected chi connectivity index (χ0v) is 19.5. The molecule has 1 aliphatic rings. The molecule has 1 amide bonds. The van der Waals surface area contributed by atoms with Gasteiger partial charge in [-0.1, -0.05) is 23.5 Å². The van der Waals surface area contributed by atoms with Crippen LogP contribution in [0.5, 0.6) is 11.5 Å². The third-order valence-electron chi connectivity index (χ3n) is 5.76. The van der Waals surface area contributed by atoms with Gasteiger partial charge in [-0.2, -0.15) is 0 Å². The molecule has 176 valence electrons. The molecule has 0 unspecified atom stereocenters. The van der Waals surface area contributed by atoms with Crippen LogP contribution >= 0.6 is 11.3 Å². The van der Waals surface area contributed by atoms with Gasteiger partial charge in [0.2, 0.25) is 0 Å². The molecule has 0 radical (unpaired) electrons. The van der Waals surface area contributed by atoms with Crippen LogP contribution in [0.1, 0.15) is 17.2 Å². The topological polar surface area (TPSA) is 89.0 Å². The van der Waals surface area contributed by atoms with Gasteiger partial charge in [-0.3, -0.25) is 14.5 Å². The summed E-state index contributed by atoms with van der Waals surface area (Å²) >= 11 is 1.19. The molecule has 4 aromatic rings. The maximum absolute atomic E-state index is 14.2. The van der Waals surface area contributed by atoms with E-state index in [2.05, 4.69) is 4.98 Å². The number of nitrogens with zero attached hydrogens (tertiary/aromatic N) is 2. The number of aliphatic hydroxyl groups is 1. The van der Waals surface area contributed by atoms with E-state index < -0.39 is 23.5 Å². The van der Waals surface area contributed by atoms with Crippen molar-refractivity contribution in [3.8, 4) is 11.5 Å². The van der Waals surface area contributed by atoms with Gasteiger partial charge >= 0.3 is 5.91 Å². The normalized spacial score (nSPS) is 17.2. The van der Waals surface area contributed by atoms with Gasteiger partial charge in [0.1, 0.15) is 23.1 Å². The fourth-order valence-electron chi connectivity index (χ4n) is 4.05. The SMILES string of the molecule is COc1ccc(C(O)=C2C(=O)C(=O)N(c3nc4ccc(OC)cc4s3)[C@H]2c2cccc(F)c2)cc1. The average molecular weight is 491 g/mol. The molecule has 2 heterocycles. The minimum atomic E-state index is -1.07. The fraction of sp³-hybridized carbons (Fsp3) is 0.115. The Balaban J connectivity index is 1.70. The van der Waals surface area contributed by atoms with Gasteiger partial charge in [0.25, 0.3) is 5.78 Å². The zero-order chi connectivity index (χ0) is 24.7. The van der Waals surface area contributed by atoms with Crippen molar-refractivity contribution >= 4 is 44.1 Å². The van der Waals surface area contributed by atoms with Crippen LogP contribution in [-0.4, -0.2) is 36.0 Å². The molecular formula is C26H19FN2O5S. The zero-order valence-electron chi connectivity index (χ0n) is 18.7. The third kappa shape index (κ3) is 3.89. The van der Waals surface area contributed by atoms with Crippen molar-refractivity contribution in [3.63, 3.8) is 0 Å². The van der Waals surface area contributed by atoms with Gasteiger partial charge in [0.15, 0.2) is 5.13 Å². The predicted molar refractivity (Wildman–Crippen MR) is 130 cm³/mol. The number of fused-ring (bicyclic) bond motifs is 1. The molecule has 1 N–H and O–H groups in total. The van der Waals surface area contributed by atoms with Crippen LogP contribution in [0.25, 0.3) is 16.0 Å². The quantitative estimate of drug-likeness (QED) is 0.239. The number of carbonyl (C=O) groups is 2. The number of carbonyl (C=O) groups excluding carboxylic acids is 2. The van der Waals surface area contributed by atoms with Crippen molar-refractivity contribution in [1.82, 2.24) is 4.98 Å². The number of methoxy groups -OCH3 is 2. The molecule has 0 saturated carbocycles. The Kier molecular flexibility index (Phi) is 5.70. The van der Waals surface area contributed by atoms with E-state index in [9.17, 15) is 19.1 Å². The first-order valence-corrected chi connectivity index (χ1v) is 11.4. The summed E-state index contributed by atoms with van der Waals surface area (Å²) in [5, 5.41) is 11.4. The number of aliphatic hydroxyl groups excluding tert-OH is 1. The lowest BCUT2D eigenvalue weighted by molar-refractivity contribution is -0.132. The second-order valence-electron chi connectivity index (χ2n) is 7.78. The molecule has 5 rings (SSSR count). The number of aromatic nitrogens is 1. The molecular weight excluding hydrogens is 471 g/mol. The number of hydrogen-bond acceptors (Lipinski definition) is 7. The first kappa shape index (κ1) is 22.5. The minimum Gasteiger partial charge on any atom is -0.507 e. The van der Waals surface area contributed by atoms with Crippen LogP contribution in [0.4, 0.5) is 9.52 Å². The smallest absolute Gasteiger partial charge is 0.301 e. The minimum absolute atomic E-state index is 0.150. The van der Waals surface area contributed by atoms with E-state index in [-0.39, 0.29) is 16.5 Å². The third-order valence-corrected chi connectivity index (χ3v) is 6.78. The molecule has 35 heavy (non-hydrogen) atoms. The lowest BCUT2D eigenvalue weighted by atomic mass is 9.95. The summed E-state index contributed by atoms with van der Waals surface area (Å²) in [6.07, 6.45) is 0. The average Bonchev–Trinajstić information content (AvgIpc) is 3.41. The van der Waals surface area contributed by atoms with Crippen molar-refractivity contribution in [2.24, 2.45) is 0 Å². The highest BCUT2D eigenvalue weighted by molar-refractivity contribution is 7.22. The van der Waals surface area contributed by atoms with Crippen LogP contribution in [-0.2, 0) is 9.59 Å². The van der Waals surface area contributed by atoms with E-state index in [1.165, 1.54) is 41.5 Å². The number of amides is 1. The lowest BCUT2D eigenvalue weighted by Crippen LogP contribution is -2.29. The number of ether oxygens (including phenoxy) is 2. The monoisotopic (exact) mass is 490 g/mol. The lowest BCUT2D eigenvalue weighted by Gasteiger charge is -2.23. The molecule has 3 aromatic carbocycles. The summed E-state index contributed by atoms with van der Waals surface area (Å²) in [5.74, 6) is -1.47.